The molecule has 24 heavy (non-hydrogen) atoms. The molecule has 0 bridgehead atoms. The van der Waals surface area contributed by atoms with Crippen LogP contribution in [-0.4, -0.2) is 11.2 Å². The summed E-state index contributed by atoms with van der Waals surface area (Å²) < 4.78 is 64.7. The lowest BCUT2D eigenvalue weighted by Crippen LogP contribution is -2.24. The molecule has 2 aromatic rings. The van der Waals surface area contributed by atoms with Crippen LogP contribution in [0.1, 0.15) is 12.5 Å². The minimum atomic E-state index is -4.60. The molecule has 1 unspecified atom stereocenters. The molecule has 0 saturated heterocycles. The summed E-state index contributed by atoms with van der Waals surface area (Å²) in [5.41, 5.74) is -1.31. The summed E-state index contributed by atoms with van der Waals surface area (Å²) in [7, 11) is 0. The molecule has 0 saturated carbocycles. The first-order chi connectivity index (χ1) is 11.2. The van der Waals surface area contributed by atoms with Gasteiger partial charge in [-0.15, -0.1) is 11.8 Å². The molecule has 2 aromatic carbocycles. The minimum absolute atomic E-state index is 0.292. The van der Waals surface area contributed by atoms with E-state index >= 15 is 0 Å². The van der Waals surface area contributed by atoms with Crippen molar-refractivity contribution in [3.63, 3.8) is 0 Å². The number of amides is 1. The molecule has 0 aliphatic rings. The standard InChI is InChI=1S/C16H12F5NOS/c1-9(24-10-6-7-12(17)13(18)8-10)15(23)22-14-5-3-2-4-11(14)16(19,20)21/h2-9H,1H3,(H,22,23). The van der Waals surface area contributed by atoms with E-state index in [2.05, 4.69) is 5.32 Å². The molecular weight excluding hydrogens is 349 g/mol. The van der Waals surface area contributed by atoms with Crippen LogP contribution in [0, 0.1) is 11.6 Å². The van der Waals surface area contributed by atoms with Gasteiger partial charge < -0.3 is 5.32 Å². The number of nitrogens with one attached hydrogen (secondary N) is 1. The Morgan fingerprint density at radius 2 is 1.75 bits per heavy atom. The van der Waals surface area contributed by atoms with Gasteiger partial charge in [0.15, 0.2) is 11.6 Å². The van der Waals surface area contributed by atoms with Gasteiger partial charge in [-0.3, -0.25) is 4.79 Å². The van der Waals surface area contributed by atoms with Crippen molar-refractivity contribution in [2.45, 2.75) is 23.2 Å². The summed E-state index contributed by atoms with van der Waals surface area (Å²) in [5, 5.41) is 1.41. The van der Waals surface area contributed by atoms with Gasteiger partial charge >= 0.3 is 6.18 Å². The Kier molecular flexibility index (Phi) is 5.48. The van der Waals surface area contributed by atoms with Gasteiger partial charge in [-0.2, -0.15) is 13.2 Å². The van der Waals surface area contributed by atoms with Crippen LogP contribution in [0.25, 0.3) is 0 Å². The molecule has 0 radical (unpaired) electrons. The van der Waals surface area contributed by atoms with Gasteiger partial charge in [-0.1, -0.05) is 12.1 Å². The summed E-state index contributed by atoms with van der Waals surface area (Å²) in [6.45, 7) is 1.46. The average molecular weight is 361 g/mol. The fourth-order valence-corrected chi connectivity index (χ4v) is 2.77. The zero-order valence-electron chi connectivity index (χ0n) is 12.3. The van der Waals surface area contributed by atoms with Crippen molar-refractivity contribution < 1.29 is 26.7 Å². The zero-order chi connectivity index (χ0) is 17.9. The van der Waals surface area contributed by atoms with E-state index in [1.165, 1.54) is 25.1 Å². The second kappa shape index (κ2) is 7.21. The number of rotatable bonds is 4. The number of hydrogen-bond acceptors (Lipinski definition) is 2. The number of hydrogen-bond donors (Lipinski definition) is 1. The number of benzene rings is 2. The van der Waals surface area contributed by atoms with Crippen molar-refractivity contribution in [3.8, 4) is 0 Å². The van der Waals surface area contributed by atoms with Crippen molar-refractivity contribution in [1.29, 1.82) is 0 Å². The number of anilines is 1. The molecule has 128 valence electrons. The SMILES string of the molecule is CC(Sc1ccc(F)c(F)c1)C(=O)Nc1ccccc1C(F)(F)F. The summed E-state index contributed by atoms with van der Waals surface area (Å²) >= 11 is 0.907. The molecule has 0 heterocycles. The van der Waals surface area contributed by atoms with Gasteiger partial charge in [0.1, 0.15) is 0 Å². The first-order valence-corrected chi connectivity index (χ1v) is 7.65. The molecule has 0 aliphatic heterocycles. The number of carbonyl (C=O) groups excluding carboxylic acids is 1. The molecule has 1 amide bonds. The summed E-state index contributed by atoms with van der Waals surface area (Å²) in [4.78, 5) is 12.4. The van der Waals surface area contributed by atoms with Gasteiger partial charge in [0.25, 0.3) is 0 Å². The zero-order valence-corrected chi connectivity index (χ0v) is 13.1. The highest BCUT2D eigenvalue weighted by molar-refractivity contribution is 8.00. The van der Waals surface area contributed by atoms with Gasteiger partial charge in [0.05, 0.1) is 16.5 Å². The molecule has 2 nitrogen and oxygen atoms in total. The van der Waals surface area contributed by atoms with E-state index in [1.807, 2.05) is 0 Å². The van der Waals surface area contributed by atoms with Crippen LogP contribution < -0.4 is 5.32 Å². The van der Waals surface area contributed by atoms with Gasteiger partial charge in [-0.25, -0.2) is 8.78 Å². The largest absolute Gasteiger partial charge is 0.418 e. The van der Waals surface area contributed by atoms with Gasteiger partial charge in [0, 0.05) is 4.90 Å². The monoisotopic (exact) mass is 361 g/mol. The highest BCUT2D eigenvalue weighted by atomic mass is 32.2. The Labute approximate surface area is 139 Å². The maximum atomic E-state index is 13.1. The van der Waals surface area contributed by atoms with Crippen molar-refractivity contribution >= 4 is 23.4 Å². The summed E-state index contributed by atoms with van der Waals surface area (Å²) in [6.07, 6.45) is -4.60. The van der Waals surface area contributed by atoms with E-state index in [9.17, 15) is 26.7 Å². The molecule has 2 rings (SSSR count). The van der Waals surface area contributed by atoms with Crippen molar-refractivity contribution in [2.24, 2.45) is 0 Å². The quantitative estimate of drug-likeness (QED) is 0.606. The molecule has 1 atom stereocenters. The van der Waals surface area contributed by atoms with Gasteiger partial charge in [0.2, 0.25) is 5.91 Å². The third kappa shape index (κ3) is 4.47. The highest BCUT2D eigenvalue weighted by Gasteiger charge is 2.33. The highest BCUT2D eigenvalue weighted by Crippen LogP contribution is 2.35. The average Bonchev–Trinajstić information content (AvgIpc) is 2.50. The first-order valence-electron chi connectivity index (χ1n) is 6.77. The number of halogens is 5. The van der Waals surface area contributed by atoms with Crippen LogP contribution in [0.3, 0.4) is 0 Å². The maximum Gasteiger partial charge on any atom is 0.418 e. The predicted octanol–water partition coefficient (Wildman–Crippen LogP) is 5.10. The molecule has 0 spiro atoms. The summed E-state index contributed by atoms with van der Waals surface area (Å²) in [5.74, 6) is -2.76. The van der Waals surface area contributed by atoms with E-state index in [4.69, 9.17) is 0 Å². The van der Waals surface area contributed by atoms with Crippen LogP contribution in [0.2, 0.25) is 0 Å². The maximum absolute atomic E-state index is 13.1. The van der Waals surface area contributed by atoms with Crippen molar-refractivity contribution in [2.75, 3.05) is 5.32 Å². The van der Waals surface area contributed by atoms with Gasteiger partial charge in [-0.05, 0) is 37.3 Å². The Hall–Kier alpha value is -2.09. The lowest BCUT2D eigenvalue weighted by Gasteiger charge is -2.16. The molecule has 0 aliphatic carbocycles. The lowest BCUT2D eigenvalue weighted by molar-refractivity contribution is -0.137. The van der Waals surface area contributed by atoms with Crippen LogP contribution in [0.5, 0.6) is 0 Å². The van der Waals surface area contributed by atoms with Crippen LogP contribution >= 0.6 is 11.8 Å². The van der Waals surface area contributed by atoms with Crippen LogP contribution in [-0.2, 0) is 11.0 Å². The summed E-state index contributed by atoms with van der Waals surface area (Å²) in [6, 6.07) is 7.74. The molecule has 0 fully saturated rings. The van der Waals surface area contributed by atoms with E-state index in [-0.39, 0.29) is 5.69 Å². The molecule has 8 heteroatoms. The fraction of sp³-hybridized carbons (Fsp3) is 0.188. The Morgan fingerprint density at radius 1 is 1.08 bits per heavy atom. The number of alkyl halides is 3. The van der Waals surface area contributed by atoms with Crippen molar-refractivity contribution in [1.82, 2.24) is 0 Å². The third-order valence-electron chi connectivity index (χ3n) is 3.06. The smallest absolute Gasteiger partial charge is 0.325 e. The Balaban J connectivity index is 2.11. The second-order valence-electron chi connectivity index (χ2n) is 4.87. The third-order valence-corrected chi connectivity index (χ3v) is 4.16. The predicted molar refractivity (Wildman–Crippen MR) is 81.8 cm³/mol. The van der Waals surface area contributed by atoms with E-state index < -0.39 is 34.5 Å². The number of thioether (sulfide) groups is 1. The van der Waals surface area contributed by atoms with Crippen LogP contribution in [0.15, 0.2) is 47.4 Å². The second-order valence-corrected chi connectivity index (χ2v) is 6.28. The van der Waals surface area contributed by atoms with Crippen LogP contribution in [0.4, 0.5) is 27.6 Å². The van der Waals surface area contributed by atoms with E-state index in [1.54, 1.807) is 0 Å². The van der Waals surface area contributed by atoms with E-state index in [0.29, 0.717) is 4.90 Å². The molecule has 0 aromatic heterocycles. The molecular formula is C16H12F5NOS. The van der Waals surface area contributed by atoms with E-state index in [0.717, 1.165) is 36.0 Å². The first kappa shape index (κ1) is 18.3. The normalized spacial score (nSPS) is 12.8. The lowest BCUT2D eigenvalue weighted by atomic mass is 10.1. The molecule has 1 N–H and O–H groups in total. The number of carbonyl (C=O) groups is 1. The minimum Gasteiger partial charge on any atom is -0.325 e. The topological polar surface area (TPSA) is 29.1 Å². The Bertz CT molecular complexity index is 747. The number of para-hydroxylation sites is 1. The Morgan fingerprint density at radius 3 is 2.38 bits per heavy atom. The van der Waals surface area contributed by atoms with Crippen molar-refractivity contribution in [3.05, 3.63) is 59.7 Å². The fourth-order valence-electron chi connectivity index (χ4n) is 1.88.